The van der Waals surface area contributed by atoms with E-state index in [0.717, 1.165) is 11.4 Å². The van der Waals surface area contributed by atoms with E-state index in [9.17, 15) is 24.8 Å². The number of benzene rings is 3. The van der Waals surface area contributed by atoms with Gasteiger partial charge in [0.05, 0.1) is 15.2 Å². The summed E-state index contributed by atoms with van der Waals surface area (Å²) in [6.07, 6.45) is 0. The number of rotatable bonds is 7. The molecule has 0 amide bonds. The average molecular weight is 416 g/mol. The van der Waals surface area contributed by atoms with Crippen LogP contribution in [0.1, 0.15) is 0 Å². The van der Waals surface area contributed by atoms with Gasteiger partial charge in [-0.1, -0.05) is 18.2 Å². The highest BCUT2D eigenvalue weighted by atomic mass is 32.7. The van der Waals surface area contributed by atoms with Crippen molar-refractivity contribution in [2.75, 3.05) is 0 Å². The predicted molar refractivity (Wildman–Crippen MR) is 106 cm³/mol. The molecule has 0 radical (unpaired) electrons. The van der Waals surface area contributed by atoms with Crippen LogP contribution in [0.4, 0.5) is 11.4 Å². The van der Waals surface area contributed by atoms with E-state index in [2.05, 4.69) is 0 Å². The first-order valence-electron chi connectivity index (χ1n) is 7.91. The van der Waals surface area contributed by atoms with Crippen molar-refractivity contribution in [3.8, 4) is 5.75 Å². The van der Waals surface area contributed by atoms with E-state index in [1.54, 1.807) is 30.3 Å². The highest BCUT2D eigenvalue weighted by Crippen LogP contribution is 2.61. The maximum absolute atomic E-state index is 13.7. The lowest BCUT2D eigenvalue weighted by molar-refractivity contribution is -0.385. The Bertz CT molecular complexity index is 978. The first kappa shape index (κ1) is 19.6. The minimum atomic E-state index is -3.52. The number of nitro benzene ring substituents is 2. The predicted octanol–water partition coefficient (Wildman–Crippen LogP) is 5.19. The molecule has 10 heteroatoms. The van der Waals surface area contributed by atoms with Gasteiger partial charge in [0.2, 0.25) is 0 Å². The molecule has 0 fully saturated rings. The van der Waals surface area contributed by atoms with Crippen LogP contribution < -0.4 is 9.83 Å². The van der Waals surface area contributed by atoms with Gasteiger partial charge in [-0.15, -0.1) is 0 Å². The maximum atomic E-state index is 13.7. The van der Waals surface area contributed by atoms with Crippen LogP contribution in [0.15, 0.2) is 83.8 Å². The van der Waals surface area contributed by atoms with Crippen molar-refractivity contribution in [1.29, 1.82) is 0 Å². The zero-order valence-corrected chi connectivity index (χ0v) is 15.9. The molecular formula is C18H13N2O6PS. The second-order valence-corrected chi connectivity index (χ2v) is 9.86. The lowest BCUT2D eigenvalue weighted by Crippen LogP contribution is -2.06. The molecular weight excluding hydrogens is 403 g/mol. The van der Waals surface area contributed by atoms with E-state index in [1.807, 2.05) is 0 Å². The summed E-state index contributed by atoms with van der Waals surface area (Å²) in [4.78, 5) is 21.1. The molecule has 0 aromatic heterocycles. The van der Waals surface area contributed by atoms with E-state index >= 15 is 0 Å². The Hall–Kier alpha value is -3.16. The Kier molecular flexibility index (Phi) is 5.77. The van der Waals surface area contributed by atoms with E-state index in [0.29, 0.717) is 10.2 Å². The summed E-state index contributed by atoms with van der Waals surface area (Å²) in [5.74, 6) is 0.215. The smallest absolute Gasteiger partial charge is 0.337 e. The highest BCUT2D eigenvalue weighted by molar-refractivity contribution is 8.58. The van der Waals surface area contributed by atoms with Gasteiger partial charge in [0.25, 0.3) is 11.4 Å². The quantitative estimate of drug-likeness (QED) is 0.296. The van der Waals surface area contributed by atoms with Gasteiger partial charge in [-0.2, -0.15) is 0 Å². The Morgan fingerprint density at radius 1 is 0.750 bits per heavy atom. The minimum absolute atomic E-state index is 0.0739. The summed E-state index contributed by atoms with van der Waals surface area (Å²) < 4.78 is 19.4. The van der Waals surface area contributed by atoms with E-state index in [-0.39, 0.29) is 17.1 Å². The molecule has 0 aliphatic carbocycles. The van der Waals surface area contributed by atoms with Gasteiger partial charge in [-0.05, 0) is 47.8 Å². The summed E-state index contributed by atoms with van der Waals surface area (Å²) in [6.45, 7) is -3.52. The molecule has 0 heterocycles. The number of nitrogens with zero attached hydrogens (tertiary/aromatic N) is 2. The third kappa shape index (κ3) is 4.57. The van der Waals surface area contributed by atoms with Gasteiger partial charge in [0, 0.05) is 29.2 Å². The van der Waals surface area contributed by atoms with Crippen LogP contribution in [-0.2, 0) is 4.57 Å². The Morgan fingerprint density at radius 2 is 1.25 bits per heavy atom. The number of hydrogen-bond donors (Lipinski definition) is 0. The zero-order chi connectivity index (χ0) is 20.1. The molecule has 3 rings (SSSR count). The first-order chi connectivity index (χ1) is 13.4. The molecule has 3 aromatic carbocycles. The lowest BCUT2D eigenvalue weighted by atomic mass is 10.3. The van der Waals surface area contributed by atoms with E-state index in [1.165, 1.54) is 48.5 Å². The number of hydrogen-bond acceptors (Lipinski definition) is 7. The average Bonchev–Trinajstić information content (AvgIpc) is 2.69. The zero-order valence-electron chi connectivity index (χ0n) is 14.2. The third-order valence-corrected chi connectivity index (χ3v) is 7.93. The third-order valence-electron chi connectivity index (χ3n) is 3.62. The standard InChI is InChI=1S/C18H13N2O6PS/c21-19(22)14-6-10-16(11-7-14)26-27(25,17-4-2-1-3-5-17)28-18-12-8-15(9-13-18)20(23)24/h1-13H. The fraction of sp³-hybridized carbons (Fsp3) is 0. The van der Waals surface area contributed by atoms with Crippen molar-refractivity contribution in [1.82, 2.24) is 0 Å². The summed E-state index contributed by atoms with van der Waals surface area (Å²) >= 11 is 0.947. The van der Waals surface area contributed by atoms with Crippen molar-refractivity contribution in [3.05, 3.63) is 99.1 Å². The molecule has 0 aliphatic rings. The van der Waals surface area contributed by atoms with Gasteiger partial charge < -0.3 is 4.52 Å². The fourth-order valence-electron chi connectivity index (χ4n) is 2.27. The van der Waals surface area contributed by atoms with Gasteiger partial charge in [0.15, 0.2) is 0 Å². The van der Waals surface area contributed by atoms with Crippen LogP contribution in [0.5, 0.6) is 5.75 Å². The molecule has 0 aliphatic heterocycles. The van der Waals surface area contributed by atoms with Crippen molar-refractivity contribution in [2.24, 2.45) is 0 Å². The lowest BCUT2D eigenvalue weighted by Gasteiger charge is -2.19. The van der Waals surface area contributed by atoms with Gasteiger partial charge in [-0.3, -0.25) is 24.8 Å². The normalized spacial score (nSPS) is 12.7. The van der Waals surface area contributed by atoms with Crippen LogP contribution in [0.3, 0.4) is 0 Å². The number of non-ortho nitro benzene ring substituents is 2. The SMILES string of the molecule is O=[N+]([O-])c1ccc(OP(=O)(Sc2ccc([N+](=O)[O-])cc2)c2ccccc2)cc1. The molecule has 0 spiro atoms. The molecule has 3 aromatic rings. The van der Waals surface area contributed by atoms with E-state index in [4.69, 9.17) is 4.52 Å². The molecule has 0 saturated heterocycles. The summed E-state index contributed by atoms with van der Waals surface area (Å²) in [5.41, 5.74) is -0.180. The molecule has 142 valence electrons. The van der Waals surface area contributed by atoms with Crippen LogP contribution in [0, 0.1) is 20.2 Å². The van der Waals surface area contributed by atoms with Gasteiger partial charge in [-0.25, -0.2) is 0 Å². The molecule has 1 atom stereocenters. The topological polar surface area (TPSA) is 113 Å². The first-order valence-corrected chi connectivity index (χ1v) is 11.0. The van der Waals surface area contributed by atoms with Crippen LogP contribution in [-0.4, -0.2) is 9.85 Å². The molecule has 0 bridgehead atoms. The summed E-state index contributed by atoms with van der Waals surface area (Å²) in [7, 11) is 0. The van der Waals surface area contributed by atoms with Crippen molar-refractivity contribution in [3.63, 3.8) is 0 Å². The largest absolute Gasteiger partial charge is 0.433 e. The maximum Gasteiger partial charge on any atom is 0.337 e. The fourth-order valence-corrected chi connectivity index (χ4v) is 6.24. The monoisotopic (exact) mass is 416 g/mol. The minimum Gasteiger partial charge on any atom is -0.433 e. The molecule has 0 saturated carbocycles. The summed E-state index contributed by atoms with van der Waals surface area (Å²) in [5, 5.41) is 22.0. The molecule has 8 nitrogen and oxygen atoms in total. The number of nitro groups is 2. The highest BCUT2D eigenvalue weighted by Gasteiger charge is 2.30. The Morgan fingerprint density at radius 3 is 1.75 bits per heavy atom. The van der Waals surface area contributed by atoms with Crippen molar-refractivity contribution < 1.29 is 18.9 Å². The van der Waals surface area contributed by atoms with Gasteiger partial charge in [0.1, 0.15) is 5.75 Å². The molecule has 28 heavy (non-hydrogen) atoms. The van der Waals surface area contributed by atoms with Crippen molar-refractivity contribution in [2.45, 2.75) is 4.90 Å². The van der Waals surface area contributed by atoms with Crippen molar-refractivity contribution >= 4 is 34.6 Å². The van der Waals surface area contributed by atoms with E-state index < -0.39 is 16.4 Å². The van der Waals surface area contributed by atoms with Gasteiger partial charge >= 0.3 is 6.57 Å². The van der Waals surface area contributed by atoms with Crippen LogP contribution in [0.2, 0.25) is 0 Å². The Labute approximate surface area is 163 Å². The second-order valence-electron chi connectivity index (χ2n) is 5.52. The van der Waals surface area contributed by atoms with Crippen LogP contribution >= 0.6 is 18.0 Å². The molecule has 1 unspecified atom stereocenters. The summed E-state index contributed by atoms with van der Waals surface area (Å²) in [6, 6.07) is 19.5. The molecule has 0 N–H and O–H groups in total. The van der Waals surface area contributed by atoms with Crippen LogP contribution in [0.25, 0.3) is 0 Å². The second kappa shape index (κ2) is 8.24. The Balaban J connectivity index is 1.92.